The second-order valence-electron chi connectivity index (χ2n) is 7.15. The first-order valence-electron chi connectivity index (χ1n) is 9.19. The lowest BCUT2D eigenvalue weighted by Gasteiger charge is -2.27. The summed E-state index contributed by atoms with van der Waals surface area (Å²) in [5.74, 6) is 2.06. The van der Waals surface area contributed by atoms with E-state index in [0.717, 1.165) is 24.6 Å². The number of rotatable bonds is 10. The minimum absolute atomic E-state index is 0.273. The van der Waals surface area contributed by atoms with Crippen LogP contribution in [0.25, 0.3) is 0 Å². The molecule has 2 rings (SSSR count). The highest BCUT2D eigenvalue weighted by Gasteiger charge is 2.15. The van der Waals surface area contributed by atoms with E-state index < -0.39 is 6.10 Å². The van der Waals surface area contributed by atoms with Crippen molar-refractivity contribution in [2.75, 3.05) is 26.8 Å². The van der Waals surface area contributed by atoms with E-state index in [1.54, 1.807) is 7.11 Å². The summed E-state index contributed by atoms with van der Waals surface area (Å²) in [6.07, 6.45) is -0.542. The van der Waals surface area contributed by atoms with Crippen LogP contribution in [0.5, 0.6) is 11.5 Å². The second kappa shape index (κ2) is 10.2. The van der Waals surface area contributed by atoms with Gasteiger partial charge in [0.1, 0.15) is 24.2 Å². The van der Waals surface area contributed by atoms with Crippen molar-refractivity contribution in [1.82, 2.24) is 4.90 Å². The fourth-order valence-corrected chi connectivity index (χ4v) is 2.96. The molecule has 0 aromatic heterocycles. The summed E-state index contributed by atoms with van der Waals surface area (Å²) in [6, 6.07) is 15.8. The van der Waals surface area contributed by atoms with Crippen molar-refractivity contribution in [3.63, 3.8) is 0 Å². The van der Waals surface area contributed by atoms with Gasteiger partial charge in [0.25, 0.3) is 0 Å². The van der Waals surface area contributed by atoms with E-state index >= 15 is 0 Å². The minimum Gasteiger partial charge on any atom is -0.497 e. The van der Waals surface area contributed by atoms with Crippen LogP contribution in [0.2, 0.25) is 0 Å². The first-order valence-corrected chi connectivity index (χ1v) is 9.19. The molecule has 0 saturated heterocycles. The summed E-state index contributed by atoms with van der Waals surface area (Å²) in [5.41, 5.74) is 2.58. The third-order valence-corrected chi connectivity index (χ3v) is 4.25. The molecule has 2 aromatic rings. The van der Waals surface area contributed by atoms with E-state index in [-0.39, 0.29) is 6.61 Å². The van der Waals surface area contributed by atoms with Crippen LogP contribution in [-0.2, 0) is 6.54 Å². The van der Waals surface area contributed by atoms with E-state index in [0.29, 0.717) is 12.5 Å². The molecular weight excluding hydrogens is 326 g/mol. The highest BCUT2D eigenvalue weighted by Crippen LogP contribution is 2.17. The Morgan fingerprint density at radius 2 is 1.62 bits per heavy atom. The van der Waals surface area contributed by atoms with Crippen LogP contribution >= 0.6 is 0 Å². The Morgan fingerprint density at radius 1 is 0.962 bits per heavy atom. The van der Waals surface area contributed by atoms with Gasteiger partial charge in [-0.25, -0.2) is 0 Å². The second-order valence-corrected chi connectivity index (χ2v) is 7.15. The van der Waals surface area contributed by atoms with Crippen LogP contribution in [0.1, 0.15) is 25.0 Å². The molecule has 1 N–H and O–H groups in total. The molecule has 0 spiro atoms. The standard InChI is InChI=1S/C22H31NO3/c1-17(2)13-23(14-19-8-6-5-7-18(19)3)15-20(24)16-26-22-11-9-21(25-4)10-12-22/h5-12,17,20,24H,13-16H2,1-4H3/t20-/m1/s1. The molecule has 0 aliphatic carbocycles. The summed E-state index contributed by atoms with van der Waals surface area (Å²) in [4.78, 5) is 2.30. The smallest absolute Gasteiger partial charge is 0.119 e. The quantitative estimate of drug-likeness (QED) is 0.700. The summed E-state index contributed by atoms with van der Waals surface area (Å²) < 4.78 is 10.9. The van der Waals surface area contributed by atoms with Gasteiger partial charge in [-0.15, -0.1) is 0 Å². The summed E-state index contributed by atoms with van der Waals surface area (Å²) in [6.45, 7) is 9.16. The Hall–Kier alpha value is -2.04. The van der Waals surface area contributed by atoms with Gasteiger partial charge < -0.3 is 14.6 Å². The monoisotopic (exact) mass is 357 g/mol. The molecule has 0 fully saturated rings. The van der Waals surface area contributed by atoms with Crippen molar-refractivity contribution in [2.45, 2.75) is 33.4 Å². The summed E-state index contributed by atoms with van der Waals surface area (Å²) in [5, 5.41) is 10.5. The largest absolute Gasteiger partial charge is 0.497 e. The van der Waals surface area contributed by atoms with Crippen LogP contribution < -0.4 is 9.47 Å². The van der Waals surface area contributed by atoms with E-state index in [4.69, 9.17) is 9.47 Å². The molecule has 26 heavy (non-hydrogen) atoms. The van der Waals surface area contributed by atoms with Crippen molar-refractivity contribution in [1.29, 1.82) is 0 Å². The van der Waals surface area contributed by atoms with Crippen LogP contribution in [0.4, 0.5) is 0 Å². The number of ether oxygens (including phenoxy) is 2. The minimum atomic E-state index is -0.542. The average Bonchev–Trinajstić information content (AvgIpc) is 2.62. The van der Waals surface area contributed by atoms with Crippen molar-refractivity contribution in [3.8, 4) is 11.5 Å². The Labute approximate surface area is 157 Å². The third kappa shape index (κ3) is 6.70. The van der Waals surface area contributed by atoms with Gasteiger partial charge in [0.15, 0.2) is 0 Å². The zero-order chi connectivity index (χ0) is 18.9. The number of methoxy groups -OCH3 is 1. The normalized spacial score (nSPS) is 12.4. The van der Waals surface area contributed by atoms with Crippen LogP contribution in [0, 0.1) is 12.8 Å². The number of nitrogens with zero attached hydrogens (tertiary/aromatic N) is 1. The first kappa shape index (κ1) is 20.3. The lowest BCUT2D eigenvalue weighted by atomic mass is 10.1. The molecule has 1 atom stereocenters. The van der Waals surface area contributed by atoms with E-state index in [1.165, 1.54) is 11.1 Å². The Bertz CT molecular complexity index is 655. The number of aliphatic hydroxyl groups is 1. The van der Waals surface area contributed by atoms with Gasteiger partial charge in [0.05, 0.1) is 7.11 Å². The Kier molecular flexibility index (Phi) is 7.95. The molecule has 0 saturated carbocycles. The fraction of sp³-hybridized carbons (Fsp3) is 0.455. The van der Waals surface area contributed by atoms with Crippen molar-refractivity contribution in [3.05, 3.63) is 59.7 Å². The number of aryl methyl sites for hydroxylation is 1. The molecule has 0 bridgehead atoms. The van der Waals surface area contributed by atoms with Gasteiger partial charge in [-0.05, 0) is 48.2 Å². The lowest BCUT2D eigenvalue weighted by molar-refractivity contribution is 0.0614. The van der Waals surface area contributed by atoms with E-state index in [2.05, 4.69) is 49.9 Å². The lowest BCUT2D eigenvalue weighted by Crippen LogP contribution is -2.37. The predicted octanol–water partition coefficient (Wildman–Crippen LogP) is 3.90. The van der Waals surface area contributed by atoms with Gasteiger partial charge in [-0.2, -0.15) is 0 Å². The average molecular weight is 357 g/mol. The van der Waals surface area contributed by atoms with Gasteiger partial charge >= 0.3 is 0 Å². The molecule has 0 aliphatic rings. The SMILES string of the molecule is COc1ccc(OC[C@H](O)CN(Cc2ccccc2C)CC(C)C)cc1. The molecule has 0 heterocycles. The Morgan fingerprint density at radius 3 is 2.23 bits per heavy atom. The number of benzene rings is 2. The topological polar surface area (TPSA) is 41.9 Å². The van der Waals surface area contributed by atoms with E-state index in [1.807, 2.05) is 24.3 Å². The molecule has 0 amide bonds. The number of aliphatic hydroxyl groups excluding tert-OH is 1. The zero-order valence-electron chi connectivity index (χ0n) is 16.3. The fourth-order valence-electron chi connectivity index (χ4n) is 2.96. The summed E-state index contributed by atoms with van der Waals surface area (Å²) in [7, 11) is 1.64. The molecule has 142 valence electrons. The van der Waals surface area contributed by atoms with Crippen LogP contribution in [0.15, 0.2) is 48.5 Å². The van der Waals surface area contributed by atoms with Gasteiger partial charge in [-0.1, -0.05) is 38.1 Å². The highest BCUT2D eigenvalue weighted by molar-refractivity contribution is 5.31. The van der Waals surface area contributed by atoms with Crippen molar-refractivity contribution < 1.29 is 14.6 Å². The maximum Gasteiger partial charge on any atom is 0.119 e. The van der Waals surface area contributed by atoms with Crippen LogP contribution in [0.3, 0.4) is 0 Å². The molecule has 0 radical (unpaired) electrons. The molecule has 4 nitrogen and oxygen atoms in total. The van der Waals surface area contributed by atoms with Gasteiger partial charge in [0, 0.05) is 19.6 Å². The van der Waals surface area contributed by atoms with Crippen molar-refractivity contribution >= 4 is 0 Å². The van der Waals surface area contributed by atoms with Gasteiger partial charge in [-0.3, -0.25) is 4.90 Å². The molecular formula is C22H31NO3. The number of hydrogen-bond donors (Lipinski definition) is 1. The molecule has 2 aromatic carbocycles. The Balaban J connectivity index is 1.90. The zero-order valence-corrected chi connectivity index (χ0v) is 16.3. The number of hydrogen-bond acceptors (Lipinski definition) is 4. The molecule has 0 unspecified atom stereocenters. The highest BCUT2D eigenvalue weighted by atomic mass is 16.5. The maximum absolute atomic E-state index is 10.5. The van der Waals surface area contributed by atoms with Gasteiger partial charge in [0.2, 0.25) is 0 Å². The first-order chi connectivity index (χ1) is 12.5. The predicted molar refractivity (Wildman–Crippen MR) is 106 cm³/mol. The van der Waals surface area contributed by atoms with E-state index in [9.17, 15) is 5.11 Å². The van der Waals surface area contributed by atoms with Crippen molar-refractivity contribution in [2.24, 2.45) is 5.92 Å². The van der Waals surface area contributed by atoms with Crippen LogP contribution in [-0.4, -0.2) is 42.9 Å². The molecule has 4 heteroatoms. The molecule has 0 aliphatic heterocycles. The maximum atomic E-state index is 10.5. The third-order valence-electron chi connectivity index (χ3n) is 4.25. The summed E-state index contributed by atoms with van der Waals surface area (Å²) >= 11 is 0.